The third-order valence-electron chi connectivity index (χ3n) is 3.10. The highest BCUT2D eigenvalue weighted by atomic mass is 32.1. The zero-order valence-corrected chi connectivity index (χ0v) is 11.3. The number of benzene rings is 2. The molecule has 19 heavy (non-hydrogen) atoms. The van der Waals surface area contributed by atoms with Crippen LogP contribution in [0.1, 0.15) is 11.1 Å². The molecule has 0 spiro atoms. The van der Waals surface area contributed by atoms with E-state index in [1.54, 1.807) is 30.4 Å². The van der Waals surface area contributed by atoms with Crippen LogP contribution in [0, 0.1) is 12.7 Å². The maximum atomic E-state index is 13.4. The average Bonchev–Trinajstić information content (AvgIpc) is 2.83. The second kappa shape index (κ2) is 5.02. The fraction of sp³-hybridized carbons (Fsp3) is 0.125. The van der Waals surface area contributed by atoms with Crippen molar-refractivity contribution < 1.29 is 9.13 Å². The van der Waals surface area contributed by atoms with Gasteiger partial charge in [-0.25, -0.2) is 4.39 Å². The second-order valence-electron chi connectivity index (χ2n) is 4.46. The quantitative estimate of drug-likeness (QED) is 0.657. The molecule has 0 radical (unpaired) electrons. The summed E-state index contributed by atoms with van der Waals surface area (Å²) in [5, 5.41) is 3.30. The summed E-state index contributed by atoms with van der Waals surface area (Å²) in [6, 6.07) is 13.2. The van der Waals surface area contributed by atoms with Crippen molar-refractivity contribution in [2.24, 2.45) is 0 Å². The number of fused-ring (bicyclic) bond motifs is 1. The molecule has 1 nitrogen and oxygen atoms in total. The molecule has 0 saturated carbocycles. The molecule has 0 aliphatic carbocycles. The molecule has 3 heteroatoms. The summed E-state index contributed by atoms with van der Waals surface area (Å²) in [6.07, 6.45) is 0. The van der Waals surface area contributed by atoms with E-state index in [1.165, 1.54) is 16.2 Å². The molecule has 1 aromatic heterocycles. The van der Waals surface area contributed by atoms with E-state index >= 15 is 0 Å². The summed E-state index contributed by atoms with van der Waals surface area (Å²) in [5.74, 6) is 0.339. The minimum Gasteiger partial charge on any atom is -0.489 e. The Balaban J connectivity index is 1.80. The van der Waals surface area contributed by atoms with E-state index in [9.17, 15) is 4.39 Å². The number of thiophene rings is 1. The van der Waals surface area contributed by atoms with E-state index in [0.717, 1.165) is 5.56 Å². The van der Waals surface area contributed by atoms with Crippen LogP contribution in [0.25, 0.3) is 10.1 Å². The first kappa shape index (κ1) is 12.2. The van der Waals surface area contributed by atoms with Crippen LogP contribution in [0.4, 0.5) is 4.39 Å². The topological polar surface area (TPSA) is 9.23 Å². The van der Waals surface area contributed by atoms with Gasteiger partial charge < -0.3 is 4.74 Å². The Morgan fingerprint density at radius 1 is 1.16 bits per heavy atom. The number of hydrogen-bond acceptors (Lipinski definition) is 2. The van der Waals surface area contributed by atoms with Gasteiger partial charge >= 0.3 is 0 Å². The molecular formula is C16H13FOS. The van der Waals surface area contributed by atoms with Gasteiger partial charge in [0, 0.05) is 16.3 Å². The first-order chi connectivity index (χ1) is 9.24. The summed E-state index contributed by atoms with van der Waals surface area (Å²) in [4.78, 5) is 0. The van der Waals surface area contributed by atoms with E-state index < -0.39 is 0 Å². The van der Waals surface area contributed by atoms with Crippen LogP contribution in [0.2, 0.25) is 0 Å². The zero-order chi connectivity index (χ0) is 13.2. The van der Waals surface area contributed by atoms with Crippen molar-refractivity contribution in [2.45, 2.75) is 13.5 Å². The largest absolute Gasteiger partial charge is 0.489 e. The van der Waals surface area contributed by atoms with E-state index in [1.807, 2.05) is 12.1 Å². The smallest absolute Gasteiger partial charge is 0.129 e. The zero-order valence-electron chi connectivity index (χ0n) is 10.5. The van der Waals surface area contributed by atoms with Crippen molar-refractivity contribution in [3.63, 3.8) is 0 Å². The molecule has 0 unspecified atom stereocenters. The van der Waals surface area contributed by atoms with Crippen molar-refractivity contribution in [1.82, 2.24) is 0 Å². The van der Waals surface area contributed by atoms with Gasteiger partial charge in [0.1, 0.15) is 18.2 Å². The lowest BCUT2D eigenvalue weighted by Gasteiger charge is -2.06. The van der Waals surface area contributed by atoms with Crippen LogP contribution >= 0.6 is 11.3 Å². The van der Waals surface area contributed by atoms with Gasteiger partial charge in [-0.3, -0.25) is 0 Å². The van der Waals surface area contributed by atoms with Crippen molar-refractivity contribution in [3.8, 4) is 5.75 Å². The molecule has 0 amide bonds. The molecule has 1 heterocycles. The van der Waals surface area contributed by atoms with Crippen LogP contribution in [0.15, 0.2) is 47.8 Å². The van der Waals surface area contributed by atoms with Gasteiger partial charge in [-0.15, -0.1) is 11.3 Å². The number of rotatable bonds is 3. The van der Waals surface area contributed by atoms with Gasteiger partial charge in [-0.2, -0.15) is 0 Å². The predicted octanol–water partition coefficient (Wildman–Crippen LogP) is 4.93. The summed E-state index contributed by atoms with van der Waals surface area (Å²) >= 11 is 1.70. The summed E-state index contributed by atoms with van der Waals surface area (Å²) < 4.78 is 20.3. The molecule has 0 aliphatic rings. The Morgan fingerprint density at radius 2 is 2.00 bits per heavy atom. The van der Waals surface area contributed by atoms with E-state index in [2.05, 4.69) is 17.5 Å². The third-order valence-corrected chi connectivity index (χ3v) is 4.11. The molecular weight excluding hydrogens is 259 g/mol. The number of hydrogen-bond donors (Lipinski definition) is 0. The van der Waals surface area contributed by atoms with Crippen molar-refractivity contribution >= 4 is 21.4 Å². The molecule has 0 atom stereocenters. The second-order valence-corrected chi connectivity index (χ2v) is 5.37. The monoisotopic (exact) mass is 272 g/mol. The highest BCUT2D eigenvalue weighted by Crippen LogP contribution is 2.27. The molecule has 0 N–H and O–H groups in total. The molecule has 0 saturated heterocycles. The molecule has 3 rings (SSSR count). The van der Waals surface area contributed by atoms with Gasteiger partial charge in [0.05, 0.1) is 0 Å². The maximum Gasteiger partial charge on any atom is 0.129 e. The molecule has 0 fully saturated rings. The molecule has 3 aromatic rings. The predicted molar refractivity (Wildman–Crippen MR) is 77.3 cm³/mol. The Bertz CT molecular complexity index is 718. The van der Waals surface area contributed by atoms with Crippen molar-refractivity contribution in [2.75, 3.05) is 0 Å². The lowest BCUT2D eigenvalue weighted by atomic mass is 10.2. The van der Waals surface area contributed by atoms with Crippen molar-refractivity contribution in [1.29, 1.82) is 0 Å². The normalized spacial score (nSPS) is 10.8. The standard InChI is InChI=1S/C16H13FOS/c1-11-6-7-13(8-15(11)17)18-9-12-10-19-16-5-3-2-4-14(12)16/h2-8,10H,9H2,1H3. The fourth-order valence-electron chi connectivity index (χ4n) is 1.97. The first-order valence-corrected chi connectivity index (χ1v) is 6.96. The Hall–Kier alpha value is -1.87. The summed E-state index contributed by atoms with van der Waals surface area (Å²) in [6.45, 7) is 2.21. The van der Waals surface area contributed by atoms with Crippen LogP contribution in [-0.2, 0) is 6.61 Å². The molecule has 2 aromatic carbocycles. The minimum absolute atomic E-state index is 0.229. The Labute approximate surface area is 115 Å². The lowest BCUT2D eigenvalue weighted by Crippen LogP contribution is -1.95. The lowest BCUT2D eigenvalue weighted by molar-refractivity contribution is 0.306. The van der Waals surface area contributed by atoms with Crippen molar-refractivity contribution in [3.05, 3.63) is 64.8 Å². The van der Waals surface area contributed by atoms with Gasteiger partial charge in [-0.05, 0) is 35.4 Å². The van der Waals surface area contributed by atoms with Gasteiger partial charge in [0.15, 0.2) is 0 Å². The van der Waals surface area contributed by atoms with Gasteiger partial charge in [0.2, 0.25) is 0 Å². The number of ether oxygens (including phenoxy) is 1. The van der Waals surface area contributed by atoms with Gasteiger partial charge in [0.25, 0.3) is 0 Å². The average molecular weight is 272 g/mol. The minimum atomic E-state index is -0.229. The SMILES string of the molecule is Cc1ccc(OCc2csc3ccccc23)cc1F. The number of halogens is 1. The van der Waals surface area contributed by atoms with Gasteiger partial charge in [-0.1, -0.05) is 24.3 Å². The highest BCUT2D eigenvalue weighted by molar-refractivity contribution is 7.17. The Morgan fingerprint density at radius 3 is 2.84 bits per heavy atom. The van der Waals surface area contributed by atoms with Crippen LogP contribution in [0.5, 0.6) is 5.75 Å². The summed E-state index contributed by atoms with van der Waals surface area (Å²) in [5.41, 5.74) is 1.77. The highest BCUT2D eigenvalue weighted by Gasteiger charge is 2.05. The first-order valence-electron chi connectivity index (χ1n) is 6.08. The van der Waals surface area contributed by atoms with E-state index in [-0.39, 0.29) is 5.82 Å². The fourth-order valence-corrected chi connectivity index (χ4v) is 2.92. The number of aryl methyl sites for hydroxylation is 1. The van der Waals surface area contributed by atoms with E-state index in [4.69, 9.17) is 4.74 Å². The molecule has 0 bridgehead atoms. The maximum absolute atomic E-state index is 13.4. The summed E-state index contributed by atoms with van der Waals surface area (Å²) in [7, 11) is 0. The van der Waals surface area contributed by atoms with Crippen LogP contribution in [0.3, 0.4) is 0 Å². The van der Waals surface area contributed by atoms with E-state index in [0.29, 0.717) is 17.9 Å². The van der Waals surface area contributed by atoms with Crippen LogP contribution < -0.4 is 4.74 Å². The third kappa shape index (κ3) is 2.47. The molecule has 0 aliphatic heterocycles. The Kier molecular flexibility index (Phi) is 3.22. The van der Waals surface area contributed by atoms with Crippen LogP contribution in [-0.4, -0.2) is 0 Å². The molecule has 96 valence electrons.